The Bertz CT molecular complexity index is 1140. The number of esters is 1. The summed E-state index contributed by atoms with van der Waals surface area (Å²) in [6.45, 7) is 4.09. The molecule has 0 aliphatic heterocycles. The molecule has 184 valence electrons. The minimum absolute atomic E-state index is 0.0583. The molecule has 0 spiro atoms. The highest BCUT2D eigenvalue weighted by Gasteiger charge is 2.29. The van der Waals surface area contributed by atoms with E-state index in [0.29, 0.717) is 17.7 Å². The molecule has 2 atom stereocenters. The van der Waals surface area contributed by atoms with Crippen molar-refractivity contribution < 1.29 is 28.1 Å². The zero-order valence-corrected chi connectivity index (χ0v) is 20.2. The zero-order chi connectivity index (χ0) is 24.6. The number of nitrogens with two attached hydrogens (primary N) is 1. The van der Waals surface area contributed by atoms with Crippen LogP contribution in [0.5, 0.6) is 5.88 Å². The Labute approximate surface area is 197 Å². The number of hydrogen-bond donors (Lipinski definition) is 2. The van der Waals surface area contributed by atoms with Crippen molar-refractivity contribution in [2.24, 2.45) is 0 Å². The Kier molecular flexibility index (Phi) is 8.94. The highest BCUT2D eigenvalue weighted by molar-refractivity contribution is 7.56. The van der Waals surface area contributed by atoms with Gasteiger partial charge in [0, 0.05) is 6.54 Å². The van der Waals surface area contributed by atoms with Gasteiger partial charge in [-0.3, -0.25) is 9.36 Å². The highest BCUT2D eigenvalue weighted by atomic mass is 31.2. The van der Waals surface area contributed by atoms with Crippen LogP contribution in [0.2, 0.25) is 0 Å². The van der Waals surface area contributed by atoms with E-state index in [1.165, 1.54) is 7.11 Å². The summed E-state index contributed by atoms with van der Waals surface area (Å²) in [6, 6.07) is 8.46. The van der Waals surface area contributed by atoms with Gasteiger partial charge in [-0.2, -0.15) is 9.97 Å². The Balaban J connectivity index is 1.64. The number of ether oxygens (including phenoxy) is 3. The van der Waals surface area contributed by atoms with E-state index >= 15 is 0 Å². The average molecular weight is 492 g/mol. The smallest absolute Gasteiger partial charge is 0.323 e. The topological polar surface area (TPSA) is 153 Å². The quantitative estimate of drug-likeness (QED) is 0.205. The Morgan fingerprint density at radius 1 is 1.26 bits per heavy atom. The molecule has 2 heterocycles. The largest absolute Gasteiger partial charge is 0.479 e. The van der Waals surface area contributed by atoms with Crippen LogP contribution in [0.15, 0.2) is 36.7 Å². The molecule has 0 saturated heterocycles. The van der Waals surface area contributed by atoms with Crippen LogP contribution in [0, 0.1) is 0 Å². The average Bonchev–Trinajstić information content (AvgIpc) is 3.23. The molecule has 0 aliphatic rings. The maximum Gasteiger partial charge on any atom is 0.323 e. The van der Waals surface area contributed by atoms with E-state index in [1.807, 2.05) is 30.3 Å². The summed E-state index contributed by atoms with van der Waals surface area (Å²) in [5.41, 5.74) is 7.54. The molecule has 3 rings (SSSR count). The molecule has 3 N–H and O–H groups in total. The lowest BCUT2D eigenvalue weighted by Gasteiger charge is -2.23. The Morgan fingerprint density at radius 3 is 2.74 bits per heavy atom. The van der Waals surface area contributed by atoms with Crippen LogP contribution in [0.4, 0.5) is 5.95 Å². The molecule has 3 aromatic rings. The second-order valence-electron chi connectivity index (χ2n) is 7.27. The van der Waals surface area contributed by atoms with Crippen LogP contribution in [-0.2, 0) is 36.5 Å². The van der Waals surface area contributed by atoms with E-state index in [0.717, 1.165) is 5.56 Å². The molecule has 1 aromatic carbocycles. The summed E-state index contributed by atoms with van der Waals surface area (Å²) in [5.74, 6) is -0.191. The number of benzene rings is 1. The molecular formula is C21H29N6O6P. The van der Waals surface area contributed by atoms with Gasteiger partial charge in [0.05, 0.1) is 33.3 Å². The minimum Gasteiger partial charge on any atom is -0.479 e. The molecule has 2 aromatic heterocycles. The van der Waals surface area contributed by atoms with Gasteiger partial charge >= 0.3 is 5.97 Å². The first-order valence-electron chi connectivity index (χ1n) is 10.7. The second kappa shape index (κ2) is 11.9. The number of carbonyl (C=O) groups is 1. The number of carbonyl (C=O) groups excluding carboxylic acids is 1. The molecule has 13 heteroatoms. The maximum absolute atomic E-state index is 13.5. The van der Waals surface area contributed by atoms with Crippen LogP contribution in [0.1, 0.15) is 19.4 Å². The van der Waals surface area contributed by atoms with Crippen molar-refractivity contribution in [3.05, 3.63) is 42.2 Å². The summed E-state index contributed by atoms with van der Waals surface area (Å²) in [7, 11) is -2.08. The zero-order valence-electron chi connectivity index (χ0n) is 19.3. The predicted octanol–water partition coefficient (Wildman–Crippen LogP) is 2.34. The van der Waals surface area contributed by atoms with Crippen LogP contribution in [0.3, 0.4) is 0 Å². The third-order valence-corrected chi connectivity index (χ3v) is 6.54. The van der Waals surface area contributed by atoms with E-state index in [2.05, 4.69) is 20.0 Å². The van der Waals surface area contributed by atoms with Crippen LogP contribution in [-0.4, -0.2) is 58.2 Å². The Hall–Kier alpha value is -3.05. The minimum atomic E-state index is -3.56. The third kappa shape index (κ3) is 6.73. The second-order valence-corrected chi connectivity index (χ2v) is 9.40. The molecule has 0 radical (unpaired) electrons. The molecule has 0 saturated carbocycles. The number of nitrogen functional groups attached to an aromatic ring is 1. The third-order valence-electron chi connectivity index (χ3n) is 4.69. The standard InChI is InChI=1S/C21H29N6O6P/c1-4-32-20(28)15(2)26-34(29,33-12-16-8-6-5-7-9-16)14-31-11-10-27-13-23-17-18(27)24-21(22)25-19(17)30-3/h5-9,13,15H,4,10-12,14H2,1-3H3,(H,26,29)(H2,22,24,25)/t15-,34-/m1/s1. The van der Waals surface area contributed by atoms with Crippen molar-refractivity contribution in [2.75, 3.05) is 32.4 Å². The first kappa shape index (κ1) is 25.6. The summed E-state index contributed by atoms with van der Waals surface area (Å²) in [6.07, 6.45) is 1.31. The molecule has 0 bridgehead atoms. The Morgan fingerprint density at radius 2 is 2.03 bits per heavy atom. The van der Waals surface area contributed by atoms with E-state index < -0.39 is 19.5 Å². The fourth-order valence-corrected chi connectivity index (χ4v) is 4.71. The number of methoxy groups -OCH3 is 1. The van der Waals surface area contributed by atoms with Crippen molar-refractivity contribution in [1.82, 2.24) is 24.6 Å². The van der Waals surface area contributed by atoms with E-state index in [4.69, 9.17) is 24.5 Å². The van der Waals surface area contributed by atoms with E-state index in [-0.39, 0.29) is 38.0 Å². The van der Waals surface area contributed by atoms with Gasteiger partial charge in [-0.15, -0.1) is 0 Å². The van der Waals surface area contributed by atoms with Gasteiger partial charge in [-0.25, -0.2) is 10.1 Å². The van der Waals surface area contributed by atoms with Crippen molar-refractivity contribution in [3.8, 4) is 5.88 Å². The predicted molar refractivity (Wildman–Crippen MR) is 125 cm³/mol. The first-order chi connectivity index (χ1) is 16.3. The number of hydrogen-bond acceptors (Lipinski definition) is 10. The normalized spacial score (nSPS) is 14.0. The van der Waals surface area contributed by atoms with Gasteiger partial charge in [-0.05, 0) is 19.4 Å². The number of nitrogens with one attached hydrogen (secondary N) is 1. The fraction of sp³-hybridized carbons (Fsp3) is 0.429. The SMILES string of the molecule is CCOC(=O)[C@@H](C)N[P@@](=O)(COCCn1cnc2c(OC)nc(N)nc21)OCc1ccccc1. The monoisotopic (exact) mass is 492 g/mol. The van der Waals surface area contributed by atoms with Crippen LogP contribution < -0.4 is 15.6 Å². The maximum atomic E-state index is 13.5. The number of nitrogens with zero attached hydrogens (tertiary/aromatic N) is 4. The van der Waals surface area contributed by atoms with E-state index in [1.54, 1.807) is 24.7 Å². The van der Waals surface area contributed by atoms with Crippen molar-refractivity contribution in [1.29, 1.82) is 0 Å². The summed E-state index contributed by atoms with van der Waals surface area (Å²) < 4.78 is 36.8. The van der Waals surface area contributed by atoms with Gasteiger partial charge in [0.25, 0.3) is 7.52 Å². The van der Waals surface area contributed by atoms with Crippen molar-refractivity contribution in [3.63, 3.8) is 0 Å². The summed E-state index contributed by atoms with van der Waals surface area (Å²) >= 11 is 0. The van der Waals surface area contributed by atoms with Gasteiger partial charge in [-0.1, -0.05) is 30.3 Å². The molecule has 0 fully saturated rings. The van der Waals surface area contributed by atoms with E-state index in [9.17, 15) is 9.36 Å². The lowest BCUT2D eigenvalue weighted by Crippen LogP contribution is -2.34. The summed E-state index contributed by atoms with van der Waals surface area (Å²) in [5, 5.41) is 2.75. The fourth-order valence-electron chi connectivity index (χ4n) is 3.07. The van der Waals surface area contributed by atoms with Crippen LogP contribution >= 0.6 is 7.52 Å². The highest BCUT2D eigenvalue weighted by Crippen LogP contribution is 2.44. The van der Waals surface area contributed by atoms with Crippen molar-refractivity contribution in [2.45, 2.75) is 33.0 Å². The first-order valence-corrected chi connectivity index (χ1v) is 12.5. The molecule has 0 aliphatic carbocycles. The lowest BCUT2D eigenvalue weighted by atomic mass is 10.2. The lowest BCUT2D eigenvalue weighted by molar-refractivity contribution is -0.144. The number of fused-ring (bicyclic) bond motifs is 1. The van der Waals surface area contributed by atoms with Crippen molar-refractivity contribution >= 4 is 30.6 Å². The molecular weight excluding hydrogens is 463 g/mol. The summed E-state index contributed by atoms with van der Waals surface area (Å²) in [4.78, 5) is 24.5. The van der Waals surface area contributed by atoms with Crippen LogP contribution in [0.25, 0.3) is 11.2 Å². The molecule has 34 heavy (non-hydrogen) atoms. The molecule has 0 unspecified atom stereocenters. The molecule has 12 nitrogen and oxygen atoms in total. The molecule has 0 amide bonds. The number of anilines is 1. The number of imidazole rings is 1. The van der Waals surface area contributed by atoms with Gasteiger partial charge in [0.2, 0.25) is 11.8 Å². The van der Waals surface area contributed by atoms with Gasteiger partial charge < -0.3 is 29.0 Å². The van der Waals surface area contributed by atoms with Gasteiger partial charge in [0.1, 0.15) is 12.4 Å². The number of rotatable bonds is 13. The van der Waals surface area contributed by atoms with Gasteiger partial charge in [0.15, 0.2) is 11.2 Å². The number of aromatic nitrogens is 4.